The predicted molar refractivity (Wildman–Crippen MR) is 48.8 cm³/mol. The van der Waals surface area contributed by atoms with E-state index in [0.717, 1.165) is 0 Å². The van der Waals surface area contributed by atoms with Gasteiger partial charge in [0.15, 0.2) is 5.90 Å². The smallest absolute Gasteiger partial charge is 0.352 e. The quantitative estimate of drug-likeness (QED) is 0.374. The number of carbonyl (C=O) groups excluding carboxylic acids is 2. The van der Waals surface area contributed by atoms with Crippen LogP contribution in [0.4, 0.5) is 0 Å². The molecular formula is C9H11NO4. The highest BCUT2D eigenvalue weighted by atomic mass is 16.6. The summed E-state index contributed by atoms with van der Waals surface area (Å²) in [6, 6.07) is 0. The van der Waals surface area contributed by atoms with Gasteiger partial charge in [-0.15, -0.1) is 6.58 Å². The van der Waals surface area contributed by atoms with E-state index < -0.39 is 17.5 Å². The van der Waals surface area contributed by atoms with E-state index in [9.17, 15) is 9.59 Å². The molecule has 1 aliphatic heterocycles. The second kappa shape index (κ2) is 3.61. The first-order valence-electron chi connectivity index (χ1n) is 4.05. The van der Waals surface area contributed by atoms with E-state index in [4.69, 9.17) is 4.74 Å². The van der Waals surface area contributed by atoms with Gasteiger partial charge in [0.05, 0.1) is 7.11 Å². The van der Waals surface area contributed by atoms with E-state index in [1.807, 2.05) is 0 Å². The van der Waals surface area contributed by atoms with Crippen LogP contribution in [0.3, 0.4) is 0 Å². The maximum atomic E-state index is 11.4. The fourth-order valence-corrected chi connectivity index (χ4v) is 1.27. The lowest BCUT2D eigenvalue weighted by atomic mass is 9.97. The number of rotatable bonds is 3. The summed E-state index contributed by atoms with van der Waals surface area (Å²) in [4.78, 5) is 26.7. The molecule has 0 spiro atoms. The van der Waals surface area contributed by atoms with Crippen LogP contribution in [-0.2, 0) is 19.1 Å². The summed E-state index contributed by atoms with van der Waals surface area (Å²) in [7, 11) is 1.20. The van der Waals surface area contributed by atoms with Gasteiger partial charge >= 0.3 is 11.9 Å². The maximum Gasteiger partial charge on any atom is 0.352 e. The van der Waals surface area contributed by atoms with Crippen LogP contribution < -0.4 is 0 Å². The Morgan fingerprint density at radius 3 is 2.79 bits per heavy atom. The fourth-order valence-electron chi connectivity index (χ4n) is 1.27. The lowest BCUT2D eigenvalue weighted by Gasteiger charge is -2.16. The van der Waals surface area contributed by atoms with Crippen LogP contribution in [0.2, 0.25) is 0 Å². The number of ether oxygens (including phenoxy) is 2. The van der Waals surface area contributed by atoms with Gasteiger partial charge in [0, 0.05) is 13.3 Å². The molecule has 0 saturated heterocycles. The van der Waals surface area contributed by atoms with Gasteiger partial charge in [-0.2, -0.15) is 0 Å². The number of nitrogens with zero attached hydrogens (tertiary/aromatic N) is 1. The van der Waals surface area contributed by atoms with Gasteiger partial charge in [-0.05, 0) is 0 Å². The third-order valence-electron chi connectivity index (χ3n) is 1.89. The molecule has 1 unspecified atom stereocenters. The molecule has 0 amide bonds. The largest absolute Gasteiger partial charge is 0.467 e. The number of methoxy groups -OCH3 is 1. The molecule has 0 aliphatic carbocycles. The van der Waals surface area contributed by atoms with Crippen molar-refractivity contribution in [2.24, 2.45) is 4.99 Å². The van der Waals surface area contributed by atoms with Gasteiger partial charge in [0.25, 0.3) is 5.54 Å². The number of cyclic esters (lactones) is 1. The van der Waals surface area contributed by atoms with E-state index in [1.165, 1.54) is 20.1 Å². The van der Waals surface area contributed by atoms with Crippen molar-refractivity contribution in [3.8, 4) is 0 Å². The summed E-state index contributed by atoms with van der Waals surface area (Å²) < 4.78 is 9.23. The molecule has 5 nitrogen and oxygen atoms in total. The molecule has 14 heavy (non-hydrogen) atoms. The molecule has 0 bridgehead atoms. The maximum absolute atomic E-state index is 11.4. The Morgan fingerprint density at radius 1 is 1.79 bits per heavy atom. The van der Waals surface area contributed by atoms with Crippen LogP contribution in [0.15, 0.2) is 17.6 Å². The second-order valence-corrected chi connectivity index (χ2v) is 2.86. The monoisotopic (exact) mass is 197 g/mol. The van der Waals surface area contributed by atoms with Crippen molar-refractivity contribution >= 4 is 17.8 Å². The molecule has 0 aromatic carbocycles. The SMILES string of the molecule is C=CCC1(C(=O)OC)N=C(C)OC1=O. The minimum Gasteiger partial charge on any atom is -0.467 e. The standard InChI is InChI=1S/C9H11NO4/c1-4-5-9(7(11)13-3)8(12)14-6(2)10-9/h4H,1,5H2,2-3H3. The highest BCUT2D eigenvalue weighted by Crippen LogP contribution is 2.26. The van der Waals surface area contributed by atoms with Crippen molar-refractivity contribution < 1.29 is 19.1 Å². The van der Waals surface area contributed by atoms with E-state index in [1.54, 1.807) is 0 Å². The molecule has 1 heterocycles. The van der Waals surface area contributed by atoms with Gasteiger partial charge in [-0.3, -0.25) is 0 Å². The van der Waals surface area contributed by atoms with Gasteiger partial charge < -0.3 is 9.47 Å². The molecule has 0 aromatic heterocycles. The number of esters is 2. The zero-order chi connectivity index (χ0) is 10.8. The first kappa shape index (κ1) is 10.4. The molecule has 5 heteroatoms. The third-order valence-corrected chi connectivity index (χ3v) is 1.89. The lowest BCUT2D eigenvalue weighted by molar-refractivity contribution is -0.155. The summed E-state index contributed by atoms with van der Waals surface area (Å²) in [5, 5.41) is 0. The van der Waals surface area contributed by atoms with Crippen LogP contribution in [0.1, 0.15) is 13.3 Å². The minimum absolute atomic E-state index is 0.0792. The van der Waals surface area contributed by atoms with Crippen molar-refractivity contribution in [3.05, 3.63) is 12.7 Å². The van der Waals surface area contributed by atoms with Crippen molar-refractivity contribution in [1.29, 1.82) is 0 Å². The van der Waals surface area contributed by atoms with E-state index >= 15 is 0 Å². The topological polar surface area (TPSA) is 65.0 Å². The number of aliphatic imine (C=N–C) groups is 1. The third kappa shape index (κ3) is 1.41. The molecule has 1 rings (SSSR count). The molecule has 0 aromatic rings. The fraction of sp³-hybridized carbons (Fsp3) is 0.444. The summed E-state index contributed by atoms with van der Waals surface area (Å²) in [5.74, 6) is -1.26. The van der Waals surface area contributed by atoms with E-state index in [0.29, 0.717) is 0 Å². The summed E-state index contributed by atoms with van der Waals surface area (Å²) in [6.07, 6.45) is 1.51. The molecule has 0 saturated carbocycles. The van der Waals surface area contributed by atoms with E-state index in [2.05, 4.69) is 16.3 Å². The van der Waals surface area contributed by atoms with Gasteiger partial charge in [-0.25, -0.2) is 14.6 Å². The Morgan fingerprint density at radius 2 is 2.43 bits per heavy atom. The number of carbonyl (C=O) groups is 2. The molecule has 76 valence electrons. The molecule has 1 aliphatic rings. The van der Waals surface area contributed by atoms with E-state index in [-0.39, 0.29) is 12.3 Å². The Hall–Kier alpha value is -1.65. The van der Waals surface area contributed by atoms with Crippen LogP contribution >= 0.6 is 0 Å². The number of hydrogen-bond acceptors (Lipinski definition) is 5. The first-order chi connectivity index (χ1) is 6.56. The Kier molecular flexibility index (Phi) is 2.69. The van der Waals surface area contributed by atoms with Crippen molar-refractivity contribution in [2.75, 3.05) is 7.11 Å². The molecule has 0 radical (unpaired) electrons. The predicted octanol–water partition coefficient (Wildman–Crippen LogP) is 0.450. The summed E-state index contributed by atoms with van der Waals surface area (Å²) in [5.41, 5.74) is -1.57. The average Bonchev–Trinajstić information content (AvgIpc) is 2.42. The summed E-state index contributed by atoms with van der Waals surface area (Å²) in [6.45, 7) is 4.97. The Balaban J connectivity index is 3.10. The first-order valence-corrected chi connectivity index (χ1v) is 4.05. The van der Waals surface area contributed by atoms with Gasteiger partial charge in [0.1, 0.15) is 0 Å². The second-order valence-electron chi connectivity index (χ2n) is 2.86. The number of hydrogen-bond donors (Lipinski definition) is 0. The highest BCUT2D eigenvalue weighted by Gasteiger charge is 2.52. The normalized spacial score (nSPS) is 25.3. The summed E-state index contributed by atoms with van der Waals surface area (Å²) >= 11 is 0. The lowest BCUT2D eigenvalue weighted by Crippen LogP contribution is -2.43. The van der Waals surface area contributed by atoms with Crippen molar-refractivity contribution in [2.45, 2.75) is 18.9 Å². The van der Waals surface area contributed by atoms with Crippen LogP contribution in [-0.4, -0.2) is 30.5 Å². The van der Waals surface area contributed by atoms with Crippen LogP contribution in [0.5, 0.6) is 0 Å². The minimum atomic E-state index is -1.57. The van der Waals surface area contributed by atoms with Gasteiger partial charge in [0.2, 0.25) is 0 Å². The average molecular weight is 197 g/mol. The molecule has 0 fully saturated rings. The Labute approximate surface area is 81.4 Å². The van der Waals surface area contributed by atoms with Crippen molar-refractivity contribution in [1.82, 2.24) is 0 Å². The van der Waals surface area contributed by atoms with Gasteiger partial charge in [-0.1, -0.05) is 6.08 Å². The zero-order valence-corrected chi connectivity index (χ0v) is 8.07. The Bertz CT molecular complexity index is 321. The molecule has 1 atom stereocenters. The highest BCUT2D eigenvalue weighted by molar-refractivity contribution is 6.13. The molecular weight excluding hydrogens is 186 g/mol. The molecule has 0 N–H and O–H groups in total. The van der Waals surface area contributed by atoms with Crippen LogP contribution in [0.25, 0.3) is 0 Å². The zero-order valence-electron chi connectivity index (χ0n) is 8.07. The van der Waals surface area contributed by atoms with Crippen molar-refractivity contribution in [3.63, 3.8) is 0 Å². The van der Waals surface area contributed by atoms with Crippen LogP contribution in [0, 0.1) is 0 Å².